The van der Waals surface area contributed by atoms with Crippen LogP contribution in [0.1, 0.15) is 12.8 Å². The fourth-order valence-corrected chi connectivity index (χ4v) is 6.14. The second-order valence-electron chi connectivity index (χ2n) is 5.12. The standard InChI is InChI=1S/C11H13N3O5S2/c12-5-1-4(15)2-11-14(6(3-20-11)10(18)19)9(17)8(21-11)13-7(5)16/h5-6,8H,1-3,12H2,(H,13,16)(H,18,19). The van der Waals surface area contributed by atoms with E-state index in [0.29, 0.717) is 0 Å². The molecule has 4 atom stereocenters. The third kappa shape index (κ3) is 2.21. The number of hydrogen-bond donors (Lipinski definition) is 3. The molecule has 1 spiro atoms. The minimum Gasteiger partial charge on any atom is -0.480 e. The fraction of sp³-hybridized carbons (Fsp3) is 0.636. The van der Waals surface area contributed by atoms with Gasteiger partial charge in [-0.05, 0) is 0 Å². The number of thioether (sulfide) groups is 2. The summed E-state index contributed by atoms with van der Waals surface area (Å²) in [6.07, 6.45) is -0.113. The molecule has 114 valence electrons. The van der Waals surface area contributed by atoms with Crippen LogP contribution in [0, 0.1) is 0 Å². The van der Waals surface area contributed by atoms with Crippen molar-refractivity contribution < 1.29 is 24.3 Å². The molecule has 10 heteroatoms. The van der Waals surface area contributed by atoms with Crippen LogP contribution in [0.3, 0.4) is 0 Å². The van der Waals surface area contributed by atoms with Gasteiger partial charge in [0.05, 0.1) is 6.04 Å². The lowest BCUT2D eigenvalue weighted by Crippen LogP contribution is -2.53. The molecular weight excluding hydrogens is 318 g/mol. The van der Waals surface area contributed by atoms with Crippen LogP contribution in [0.4, 0.5) is 0 Å². The monoisotopic (exact) mass is 331 g/mol. The summed E-state index contributed by atoms with van der Waals surface area (Å²) >= 11 is 2.39. The van der Waals surface area contributed by atoms with Crippen LogP contribution >= 0.6 is 23.5 Å². The fourth-order valence-electron chi connectivity index (χ4n) is 2.71. The Labute approximate surface area is 128 Å². The number of rotatable bonds is 1. The van der Waals surface area contributed by atoms with Crippen molar-refractivity contribution in [1.29, 1.82) is 0 Å². The average Bonchev–Trinajstić information content (AvgIpc) is 2.86. The van der Waals surface area contributed by atoms with Gasteiger partial charge in [0.15, 0.2) is 5.37 Å². The number of hydrogen-bond acceptors (Lipinski definition) is 7. The Kier molecular flexibility index (Phi) is 3.41. The summed E-state index contributed by atoms with van der Waals surface area (Å²) in [6.45, 7) is 0. The molecule has 0 saturated carbocycles. The molecule has 0 aromatic rings. The van der Waals surface area contributed by atoms with Gasteiger partial charge in [-0.2, -0.15) is 0 Å². The second kappa shape index (κ2) is 4.89. The molecule has 3 aliphatic heterocycles. The van der Waals surface area contributed by atoms with E-state index in [4.69, 9.17) is 5.73 Å². The van der Waals surface area contributed by atoms with E-state index in [1.165, 1.54) is 16.7 Å². The highest BCUT2D eigenvalue weighted by molar-refractivity contribution is 8.19. The number of amides is 2. The average molecular weight is 331 g/mol. The Hall–Kier alpha value is -1.26. The van der Waals surface area contributed by atoms with E-state index < -0.39 is 39.4 Å². The van der Waals surface area contributed by atoms with Gasteiger partial charge in [-0.25, -0.2) is 4.79 Å². The third-order valence-corrected chi connectivity index (χ3v) is 6.85. The quantitative estimate of drug-likeness (QED) is 0.532. The first kappa shape index (κ1) is 14.7. The van der Waals surface area contributed by atoms with E-state index in [1.54, 1.807) is 0 Å². The number of carboxylic acids is 1. The first-order valence-electron chi connectivity index (χ1n) is 6.29. The molecule has 21 heavy (non-hydrogen) atoms. The lowest BCUT2D eigenvalue weighted by molar-refractivity contribution is -0.149. The summed E-state index contributed by atoms with van der Waals surface area (Å²) in [7, 11) is 0. The Morgan fingerprint density at radius 1 is 1.43 bits per heavy atom. The van der Waals surface area contributed by atoms with E-state index in [-0.39, 0.29) is 24.4 Å². The van der Waals surface area contributed by atoms with E-state index in [0.717, 1.165) is 11.8 Å². The van der Waals surface area contributed by atoms with Gasteiger partial charge in [0.1, 0.15) is 16.0 Å². The lowest BCUT2D eigenvalue weighted by Gasteiger charge is -2.30. The predicted octanol–water partition coefficient (Wildman–Crippen LogP) is -1.45. The van der Waals surface area contributed by atoms with Gasteiger partial charge in [-0.3, -0.25) is 14.4 Å². The van der Waals surface area contributed by atoms with Gasteiger partial charge >= 0.3 is 5.97 Å². The molecule has 2 bridgehead atoms. The van der Waals surface area contributed by atoms with Crippen LogP contribution in [-0.4, -0.2) is 61.0 Å². The molecule has 0 aromatic carbocycles. The van der Waals surface area contributed by atoms with Gasteiger partial charge in [-0.1, -0.05) is 11.8 Å². The Morgan fingerprint density at radius 3 is 2.81 bits per heavy atom. The van der Waals surface area contributed by atoms with Crippen molar-refractivity contribution >= 4 is 47.1 Å². The second-order valence-corrected chi connectivity index (χ2v) is 8.06. The Morgan fingerprint density at radius 2 is 2.14 bits per heavy atom. The van der Waals surface area contributed by atoms with Crippen molar-refractivity contribution in [3.05, 3.63) is 0 Å². The zero-order valence-corrected chi connectivity index (χ0v) is 12.4. The van der Waals surface area contributed by atoms with Crippen LogP contribution in [0.25, 0.3) is 0 Å². The van der Waals surface area contributed by atoms with E-state index in [9.17, 15) is 24.3 Å². The molecule has 0 radical (unpaired) electrons. The largest absolute Gasteiger partial charge is 0.480 e. The summed E-state index contributed by atoms with van der Waals surface area (Å²) in [5, 5.41) is 10.9. The molecule has 4 N–H and O–H groups in total. The van der Waals surface area contributed by atoms with Gasteiger partial charge in [0.2, 0.25) is 5.91 Å². The zero-order chi connectivity index (χ0) is 15.4. The number of ketones is 1. The first-order chi connectivity index (χ1) is 9.84. The number of nitrogens with two attached hydrogens (primary N) is 1. The number of nitrogens with one attached hydrogen (secondary N) is 1. The SMILES string of the molecule is NC1CC(=O)CC23SCC(C(=O)O)N2C(=O)C(NC1=O)S3. The lowest BCUT2D eigenvalue weighted by atomic mass is 10.1. The molecule has 3 rings (SSSR count). The maximum absolute atomic E-state index is 12.4. The van der Waals surface area contributed by atoms with Gasteiger partial charge in [-0.15, -0.1) is 11.8 Å². The van der Waals surface area contributed by atoms with Crippen LogP contribution in [-0.2, 0) is 19.2 Å². The third-order valence-electron chi connectivity index (χ3n) is 3.67. The number of carboxylic acid groups (broad SMARTS) is 1. The molecule has 3 fully saturated rings. The molecule has 8 nitrogen and oxygen atoms in total. The van der Waals surface area contributed by atoms with Gasteiger partial charge < -0.3 is 21.1 Å². The smallest absolute Gasteiger partial charge is 0.327 e. The number of carbonyl (C=O) groups excluding carboxylic acids is 3. The topological polar surface area (TPSA) is 130 Å². The van der Waals surface area contributed by atoms with Crippen LogP contribution in [0.15, 0.2) is 0 Å². The minimum absolute atomic E-state index is 0.00296. The minimum atomic E-state index is -1.11. The summed E-state index contributed by atoms with van der Waals surface area (Å²) in [6, 6.07) is -1.95. The van der Waals surface area contributed by atoms with Crippen molar-refractivity contribution in [1.82, 2.24) is 10.2 Å². The van der Waals surface area contributed by atoms with E-state index in [2.05, 4.69) is 5.32 Å². The normalized spacial score (nSPS) is 39.4. The highest BCUT2D eigenvalue weighted by Gasteiger charge is 2.62. The van der Waals surface area contributed by atoms with E-state index in [1.807, 2.05) is 0 Å². The highest BCUT2D eigenvalue weighted by Crippen LogP contribution is 2.56. The maximum atomic E-state index is 12.4. The summed E-state index contributed by atoms with van der Waals surface area (Å²) in [5.74, 6) is -2.17. The Bertz CT molecular complexity index is 556. The molecule has 0 aliphatic carbocycles. The van der Waals surface area contributed by atoms with E-state index >= 15 is 0 Å². The van der Waals surface area contributed by atoms with Crippen molar-refractivity contribution in [2.75, 3.05) is 5.75 Å². The van der Waals surface area contributed by atoms with Crippen LogP contribution in [0.2, 0.25) is 0 Å². The zero-order valence-electron chi connectivity index (χ0n) is 10.8. The summed E-state index contributed by atoms with van der Waals surface area (Å²) in [5.41, 5.74) is 5.63. The summed E-state index contributed by atoms with van der Waals surface area (Å²) in [4.78, 5) is 48.9. The number of aliphatic carboxylic acids is 1. The first-order valence-corrected chi connectivity index (χ1v) is 8.16. The van der Waals surface area contributed by atoms with Gasteiger partial charge in [0, 0.05) is 18.6 Å². The summed E-state index contributed by atoms with van der Waals surface area (Å²) < 4.78 is -0.945. The number of nitrogens with zero attached hydrogens (tertiary/aromatic N) is 1. The van der Waals surface area contributed by atoms with Gasteiger partial charge in [0.25, 0.3) is 5.91 Å². The van der Waals surface area contributed by atoms with Crippen LogP contribution < -0.4 is 11.1 Å². The van der Waals surface area contributed by atoms with Crippen molar-refractivity contribution in [3.63, 3.8) is 0 Å². The molecule has 4 unspecified atom stereocenters. The highest BCUT2D eigenvalue weighted by atomic mass is 32.2. The Balaban J connectivity index is 1.99. The molecular formula is C11H13N3O5S2. The predicted molar refractivity (Wildman–Crippen MR) is 75.2 cm³/mol. The van der Waals surface area contributed by atoms with Crippen molar-refractivity contribution in [2.24, 2.45) is 5.73 Å². The maximum Gasteiger partial charge on any atom is 0.327 e. The number of carbonyl (C=O) groups is 4. The number of Topliss-reactive ketones (excluding diaryl/α,β-unsaturated/α-hetero) is 1. The number of fused-ring (bicyclic) bond motifs is 1. The van der Waals surface area contributed by atoms with Crippen molar-refractivity contribution in [2.45, 2.75) is 34.5 Å². The molecule has 3 heterocycles. The molecule has 2 amide bonds. The molecule has 3 saturated heterocycles. The molecule has 3 aliphatic rings. The molecule has 0 aromatic heterocycles. The van der Waals surface area contributed by atoms with Crippen LogP contribution in [0.5, 0.6) is 0 Å². The van der Waals surface area contributed by atoms with Crippen molar-refractivity contribution in [3.8, 4) is 0 Å².